The fraction of sp³-hybridized carbons (Fsp3) is 0.556. The highest BCUT2D eigenvalue weighted by Gasteiger charge is 2.26. The second-order valence-corrected chi connectivity index (χ2v) is 10.1. The normalized spacial score (nSPS) is 12.9. The van der Waals surface area contributed by atoms with E-state index in [1.165, 1.54) is 44.5 Å². The maximum Gasteiger partial charge on any atom is 0.330 e. The van der Waals surface area contributed by atoms with E-state index in [1.54, 1.807) is 6.92 Å². The molecule has 0 aliphatic carbocycles. The Hall–Kier alpha value is -3.80. The van der Waals surface area contributed by atoms with Gasteiger partial charge in [0.05, 0.1) is 12.6 Å². The molecule has 12 heteroatoms. The Balaban J connectivity index is 2.95. The summed E-state index contributed by atoms with van der Waals surface area (Å²) in [6.07, 6.45) is 4.98. The number of carbonyl (C=O) groups excluding carboxylic acids is 5. The lowest BCUT2D eigenvalue weighted by Gasteiger charge is -2.26. The first-order valence-electron chi connectivity index (χ1n) is 12.7. The standard InChI is InChI=1S/C27H40N4O8/c1-7-39-24(35)13-9-8-11-19(28-18(2)32)25(36)30-20-12-10-14-31(26(20)37)16-23(34)29-21(15-27(3,4)5)22(33)17-38-6/h9-10,12-14,19,21H,7-8,11,15-17H2,1-6H3,(H,28,32)(H,29,34)(H,30,36)/b13-9+/t19-,21-/m0/s1. The van der Waals surface area contributed by atoms with Crippen LogP contribution in [0.3, 0.4) is 0 Å². The zero-order valence-electron chi connectivity index (χ0n) is 23.5. The highest BCUT2D eigenvalue weighted by molar-refractivity contribution is 5.97. The van der Waals surface area contributed by atoms with Gasteiger partial charge < -0.3 is 30.0 Å². The van der Waals surface area contributed by atoms with Gasteiger partial charge in [-0.05, 0) is 43.7 Å². The fourth-order valence-electron chi connectivity index (χ4n) is 3.62. The van der Waals surface area contributed by atoms with E-state index in [1.807, 2.05) is 20.8 Å². The number of hydrogen-bond donors (Lipinski definition) is 3. The van der Waals surface area contributed by atoms with Crippen LogP contribution in [0.2, 0.25) is 0 Å². The Kier molecular flexibility index (Phi) is 13.8. The molecule has 0 aliphatic rings. The van der Waals surface area contributed by atoms with Crippen LogP contribution in [0, 0.1) is 5.41 Å². The lowest BCUT2D eigenvalue weighted by molar-refractivity contribution is -0.137. The molecular formula is C27H40N4O8. The van der Waals surface area contributed by atoms with Gasteiger partial charge in [-0.2, -0.15) is 0 Å². The first kappa shape index (κ1) is 33.2. The summed E-state index contributed by atoms with van der Waals surface area (Å²) in [4.78, 5) is 74.0. The molecule has 39 heavy (non-hydrogen) atoms. The van der Waals surface area contributed by atoms with Crippen LogP contribution in [0.25, 0.3) is 0 Å². The van der Waals surface area contributed by atoms with Crippen molar-refractivity contribution < 1.29 is 33.4 Å². The van der Waals surface area contributed by atoms with Gasteiger partial charge in [0.2, 0.25) is 17.7 Å². The molecule has 0 bridgehead atoms. The molecule has 0 fully saturated rings. The lowest BCUT2D eigenvalue weighted by atomic mass is 9.86. The Morgan fingerprint density at radius 1 is 1.10 bits per heavy atom. The summed E-state index contributed by atoms with van der Waals surface area (Å²) < 4.78 is 10.8. The van der Waals surface area contributed by atoms with Gasteiger partial charge >= 0.3 is 5.97 Å². The lowest BCUT2D eigenvalue weighted by Crippen LogP contribution is -2.46. The molecule has 3 N–H and O–H groups in total. The monoisotopic (exact) mass is 548 g/mol. The number of rotatable bonds is 15. The molecule has 0 aromatic carbocycles. The predicted octanol–water partition coefficient (Wildman–Crippen LogP) is 1.33. The smallest absolute Gasteiger partial charge is 0.330 e. The third-order valence-corrected chi connectivity index (χ3v) is 5.28. The van der Waals surface area contributed by atoms with Gasteiger partial charge in [0.15, 0.2) is 5.78 Å². The number of nitrogens with one attached hydrogen (secondary N) is 3. The minimum atomic E-state index is -0.976. The van der Waals surface area contributed by atoms with Crippen LogP contribution in [0.1, 0.15) is 53.9 Å². The summed E-state index contributed by atoms with van der Waals surface area (Å²) in [6, 6.07) is 1.11. The first-order valence-corrected chi connectivity index (χ1v) is 12.7. The SMILES string of the molecule is CCOC(=O)/C=C/CC[C@H](NC(C)=O)C(=O)Nc1cccn(CC(=O)N[C@@H](CC(C)(C)C)C(=O)COC)c1=O. The molecule has 0 radical (unpaired) electrons. The van der Waals surface area contributed by atoms with Gasteiger partial charge in [0, 0.05) is 26.3 Å². The quantitative estimate of drug-likeness (QED) is 0.218. The van der Waals surface area contributed by atoms with Crippen LogP contribution in [-0.4, -0.2) is 66.4 Å². The Bertz CT molecular complexity index is 1100. The number of ketones is 1. The van der Waals surface area contributed by atoms with E-state index in [4.69, 9.17) is 9.47 Å². The van der Waals surface area contributed by atoms with E-state index in [0.717, 1.165) is 4.57 Å². The number of pyridine rings is 1. The summed E-state index contributed by atoms with van der Waals surface area (Å²) >= 11 is 0. The Labute approximate surface area is 228 Å². The molecule has 1 heterocycles. The van der Waals surface area contributed by atoms with Crippen molar-refractivity contribution in [1.29, 1.82) is 0 Å². The maximum atomic E-state index is 13.0. The number of amides is 3. The second kappa shape index (κ2) is 16.2. The number of esters is 1. The molecule has 216 valence electrons. The van der Waals surface area contributed by atoms with E-state index >= 15 is 0 Å². The number of carbonyl (C=O) groups is 5. The molecule has 1 rings (SSSR count). The third kappa shape index (κ3) is 13.0. The third-order valence-electron chi connectivity index (χ3n) is 5.28. The van der Waals surface area contributed by atoms with Gasteiger partial charge in [-0.25, -0.2) is 4.79 Å². The van der Waals surface area contributed by atoms with Crippen molar-refractivity contribution in [2.75, 3.05) is 25.6 Å². The number of anilines is 1. The van der Waals surface area contributed by atoms with Crippen LogP contribution in [0.5, 0.6) is 0 Å². The van der Waals surface area contributed by atoms with Crippen LogP contribution < -0.4 is 21.5 Å². The summed E-state index contributed by atoms with van der Waals surface area (Å²) in [5, 5.41) is 7.70. The molecule has 0 spiro atoms. The topological polar surface area (TPSA) is 162 Å². The van der Waals surface area contributed by atoms with Gasteiger partial charge in [0.1, 0.15) is 24.9 Å². The van der Waals surface area contributed by atoms with E-state index in [-0.39, 0.29) is 49.5 Å². The van der Waals surface area contributed by atoms with E-state index in [0.29, 0.717) is 6.42 Å². The van der Waals surface area contributed by atoms with E-state index in [2.05, 4.69) is 16.0 Å². The molecule has 12 nitrogen and oxygen atoms in total. The summed E-state index contributed by atoms with van der Waals surface area (Å²) in [6.45, 7) is 8.46. The highest BCUT2D eigenvalue weighted by Crippen LogP contribution is 2.21. The maximum absolute atomic E-state index is 13.0. The van der Waals surface area contributed by atoms with Crippen molar-refractivity contribution >= 4 is 35.2 Å². The van der Waals surface area contributed by atoms with Gasteiger partial charge in [-0.1, -0.05) is 26.8 Å². The number of aromatic nitrogens is 1. The molecule has 2 atom stereocenters. The average Bonchev–Trinajstić information content (AvgIpc) is 2.82. The molecular weight excluding hydrogens is 508 g/mol. The minimum Gasteiger partial charge on any atom is -0.463 e. The van der Waals surface area contributed by atoms with Crippen molar-refractivity contribution in [3.05, 3.63) is 40.8 Å². The number of nitrogens with zero attached hydrogens (tertiary/aromatic N) is 1. The minimum absolute atomic E-state index is 0.0885. The molecule has 0 aliphatic heterocycles. The highest BCUT2D eigenvalue weighted by atomic mass is 16.5. The van der Waals surface area contributed by atoms with Crippen molar-refractivity contribution in [3.63, 3.8) is 0 Å². The molecule has 3 amide bonds. The Morgan fingerprint density at radius 2 is 1.79 bits per heavy atom. The van der Waals surface area contributed by atoms with Crippen LogP contribution in [-0.2, 0) is 40.0 Å². The van der Waals surface area contributed by atoms with Gasteiger partial charge in [-0.15, -0.1) is 0 Å². The van der Waals surface area contributed by atoms with Crippen LogP contribution >= 0.6 is 0 Å². The number of ether oxygens (including phenoxy) is 2. The van der Waals surface area contributed by atoms with Crippen molar-refractivity contribution in [3.8, 4) is 0 Å². The predicted molar refractivity (Wildman–Crippen MR) is 145 cm³/mol. The first-order chi connectivity index (χ1) is 18.3. The molecule has 0 saturated carbocycles. The number of Topliss-reactive ketones (excluding diaryl/α,β-unsaturated/α-hetero) is 1. The average molecular weight is 549 g/mol. The van der Waals surface area contributed by atoms with Gasteiger partial charge in [0.25, 0.3) is 5.56 Å². The molecule has 1 aromatic rings. The largest absolute Gasteiger partial charge is 0.463 e. The number of allylic oxidation sites excluding steroid dienone is 1. The molecule has 0 unspecified atom stereocenters. The number of hydrogen-bond acceptors (Lipinski definition) is 8. The fourth-order valence-corrected chi connectivity index (χ4v) is 3.62. The van der Waals surface area contributed by atoms with Crippen molar-refractivity contribution in [2.45, 2.75) is 72.5 Å². The van der Waals surface area contributed by atoms with Gasteiger partial charge in [-0.3, -0.25) is 24.0 Å². The van der Waals surface area contributed by atoms with Crippen LogP contribution in [0.4, 0.5) is 5.69 Å². The molecule has 0 saturated heterocycles. The van der Waals surface area contributed by atoms with Crippen molar-refractivity contribution in [1.82, 2.24) is 15.2 Å². The van der Waals surface area contributed by atoms with Crippen molar-refractivity contribution in [2.24, 2.45) is 5.41 Å². The summed E-state index contributed by atoms with van der Waals surface area (Å²) in [5.41, 5.74) is -0.976. The van der Waals surface area contributed by atoms with E-state index in [9.17, 15) is 28.8 Å². The summed E-state index contributed by atoms with van der Waals surface area (Å²) in [7, 11) is 1.39. The zero-order chi connectivity index (χ0) is 29.6. The Morgan fingerprint density at radius 3 is 2.38 bits per heavy atom. The summed E-state index contributed by atoms with van der Waals surface area (Å²) in [5.74, 6) is -2.43. The van der Waals surface area contributed by atoms with Crippen LogP contribution in [0.15, 0.2) is 35.3 Å². The second-order valence-electron chi connectivity index (χ2n) is 10.1. The van der Waals surface area contributed by atoms with E-state index < -0.39 is 41.3 Å². The number of methoxy groups -OCH3 is 1. The molecule has 1 aromatic heterocycles. The zero-order valence-corrected chi connectivity index (χ0v) is 23.5.